The van der Waals surface area contributed by atoms with Crippen molar-refractivity contribution < 1.29 is 29.3 Å². The van der Waals surface area contributed by atoms with Crippen LogP contribution in [-0.2, 0) is 21.7 Å². The van der Waals surface area contributed by atoms with Gasteiger partial charge in [0.2, 0.25) is 0 Å². The molecule has 1 aromatic heterocycles. The molecule has 0 radical (unpaired) electrons. The number of para-hydroxylation sites is 1. The van der Waals surface area contributed by atoms with E-state index in [0.29, 0.717) is 0 Å². The Bertz CT molecular complexity index is 1010. The number of carboxylic acid groups (broad SMARTS) is 2. The molecule has 8 heteroatoms. The van der Waals surface area contributed by atoms with Gasteiger partial charge in [-0.15, -0.1) is 0 Å². The minimum absolute atomic E-state index is 0.695. The second-order valence-corrected chi connectivity index (χ2v) is 8.43. The maximum absolute atomic E-state index is 11.0. The van der Waals surface area contributed by atoms with E-state index < -0.39 is 17.5 Å². The molecule has 3 aromatic rings. The molecule has 0 amide bonds. The summed E-state index contributed by atoms with van der Waals surface area (Å²) in [5.74, 6) is -3.65. The fraction of sp³-hybridized carbons (Fsp3) is 0.273. The minimum atomic E-state index is -1.82. The second-order valence-electron chi connectivity index (χ2n) is 7.18. The van der Waals surface area contributed by atoms with Gasteiger partial charge in [-0.25, -0.2) is 9.59 Å². The summed E-state index contributed by atoms with van der Waals surface area (Å²) in [6.45, 7) is 2.66. The summed E-state index contributed by atoms with van der Waals surface area (Å²) in [4.78, 5) is 20.6. The first-order valence-corrected chi connectivity index (χ1v) is 10.5. The van der Waals surface area contributed by atoms with Gasteiger partial charge in [0.15, 0.2) is 0 Å². The zero-order valence-corrected chi connectivity index (χ0v) is 18.3. The Morgan fingerprint density at radius 1 is 1.00 bits per heavy atom. The number of hydrogen-bond donors (Lipinski definition) is 3. The Kier molecular flexibility index (Phi) is 7.11. The summed E-state index contributed by atoms with van der Waals surface area (Å²) in [6.07, 6.45) is 3.40. The Hall–Kier alpha value is -2.43. The molecule has 1 aliphatic heterocycles. The number of likely N-dealkylation sites (tertiary alicyclic amines) is 1. The molecule has 2 heterocycles. The van der Waals surface area contributed by atoms with Crippen molar-refractivity contribution in [3.05, 3.63) is 69.5 Å². The molecule has 1 saturated heterocycles. The van der Waals surface area contributed by atoms with E-state index in [9.17, 15) is 5.11 Å². The smallest absolute Gasteiger partial charge is 0.414 e. The molecule has 7 nitrogen and oxygen atoms in total. The van der Waals surface area contributed by atoms with E-state index in [4.69, 9.17) is 24.2 Å². The third kappa shape index (κ3) is 5.38. The summed E-state index contributed by atoms with van der Waals surface area (Å²) >= 11 is 2.30. The fourth-order valence-corrected chi connectivity index (χ4v) is 3.89. The van der Waals surface area contributed by atoms with Crippen LogP contribution in [0.25, 0.3) is 11.0 Å². The van der Waals surface area contributed by atoms with Gasteiger partial charge in [-0.3, -0.25) is 4.90 Å². The highest BCUT2D eigenvalue weighted by molar-refractivity contribution is 14.1. The van der Waals surface area contributed by atoms with Crippen molar-refractivity contribution in [3.8, 4) is 0 Å². The van der Waals surface area contributed by atoms with Gasteiger partial charge in [-0.1, -0.05) is 30.3 Å². The molecule has 0 unspecified atom stereocenters. The zero-order chi connectivity index (χ0) is 21.7. The van der Waals surface area contributed by atoms with Crippen molar-refractivity contribution in [2.75, 3.05) is 13.1 Å². The lowest BCUT2D eigenvalue weighted by molar-refractivity contribution is -0.159. The molecule has 3 N–H and O–H groups in total. The maximum atomic E-state index is 11.0. The Morgan fingerprint density at radius 2 is 1.60 bits per heavy atom. The highest BCUT2D eigenvalue weighted by atomic mass is 127. The number of furan rings is 1. The molecule has 30 heavy (non-hydrogen) atoms. The average Bonchev–Trinajstić information content (AvgIpc) is 3.14. The maximum Gasteiger partial charge on any atom is 0.414 e. The lowest BCUT2D eigenvalue weighted by Crippen LogP contribution is -2.42. The highest BCUT2D eigenvalue weighted by Crippen LogP contribution is 2.34. The van der Waals surface area contributed by atoms with Gasteiger partial charge in [0.05, 0.1) is 11.9 Å². The van der Waals surface area contributed by atoms with Gasteiger partial charge >= 0.3 is 11.9 Å². The van der Waals surface area contributed by atoms with Crippen LogP contribution in [0.2, 0.25) is 0 Å². The molecule has 0 aliphatic carbocycles. The van der Waals surface area contributed by atoms with E-state index in [0.717, 1.165) is 43.6 Å². The third-order valence-electron chi connectivity index (χ3n) is 5.20. The first kappa shape index (κ1) is 22.3. The van der Waals surface area contributed by atoms with Crippen LogP contribution in [0.15, 0.2) is 59.2 Å². The molecular formula is C22H22INO6. The lowest BCUT2D eigenvalue weighted by atomic mass is 9.84. The number of halogens is 1. The number of fused-ring (bicyclic) bond motifs is 1. The second kappa shape index (κ2) is 9.59. The van der Waals surface area contributed by atoms with Crippen LogP contribution in [0.3, 0.4) is 0 Å². The Morgan fingerprint density at radius 3 is 2.20 bits per heavy atom. The minimum Gasteiger partial charge on any atom is -0.473 e. The number of hydrogen-bond acceptors (Lipinski definition) is 5. The molecule has 0 atom stereocenters. The van der Waals surface area contributed by atoms with Crippen molar-refractivity contribution in [2.24, 2.45) is 0 Å². The number of rotatable bonds is 3. The molecule has 2 aromatic carbocycles. The van der Waals surface area contributed by atoms with Gasteiger partial charge in [-0.2, -0.15) is 0 Å². The molecule has 1 fully saturated rings. The average molecular weight is 523 g/mol. The summed E-state index contributed by atoms with van der Waals surface area (Å²) in [5, 5.41) is 27.0. The van der Waals surface area contributed by atoms with Crippen LogP contribution in [0.4, 0.5) is 0 Å². The molecule has 158 valence electrons. The summed E-state index contributed by atoms with van der Waals surface area (Å²) in [5.41, 5.74) is 2.51. The third-order valence-corrected chi connectivity index (χ3v) is 5.92. The van der Waals surface area contributed by atoms with Gasteiger partial charge in [-0.05, 0) is 59.2 Å². The molecule has 0 spiro atoms. The largest absolute Gasteiger partial charge is 0.473 e. The first-order chi connectivity index (χ1) is 14.3. The van der Waals surface area contributed by atoms with E-state index in [1.165, 1.54) is 14.5 Å². The van der Waals surface area contributed by atoms with Crippen molar-refractivity contribution in [1.29, 1.82) is 0 Å². The van der Waals surface area contributed by atoms with E-state index in [2.05, 4.69) is 57.8 Å². The number of benzene rings is 2. The van der Waals surface area contributed by atoms with E-state index >= 15 is 0 Å². The van der Waals surface area contributed by atoms with E-state index in [1.54, 1.807) is 0 Å². The van der Waals surface area contributed by atoms with Crippen LogP contribution in [0.5, 0.6) is 0 Å². The quantitative estimate of drug-likeness (QED) is 0.355. The van der Waals surface area contributed by atoms with Gasteiger partial charge in [0.1, 0.15) is 5.58 Å². The number of piperidine rings is 1. The summed E-state index contributed by atoms with van der Waals surface area (Å²) in [6, 6.07) is 16.4. The fourth-order valence-electron chi connectivity index (χ4n) is 3.53. The predicted octanol–water partition coefficient (Wildman–Crippen LogP) is 3.68. The SMILES string of the molecule is O=C(O)C(=O)O.OC1(c2ccc(I)cc2)CCN(Cc2coc3ccccc23)CC1. The summed E-state index contributed by atoms with van der Waals surface area (Å²) in [7, 11) is 0. The van der Waals surface area contributed by atoms with Crippen molar-refractivity contribution >= 4 is 45.5 Å². The standard InChI is InChI=1S/C20H20INO2.C2H2O4/c21-17-7-5-16(6-8-17)20(23)9-11-22(12-10-20)13-15-14-24-19-4-2-1-3-18(15)19;3-1(4)2(5)6/h1-8,14,23H,9-13H2;(H,3,4)(H,5,6). The highest BCUT2D eigenvalue weighted by Gasteiger charge is 2.34. The van der Waals surface area contributed by atoms with Crippen molar-refractivity contribution in [2.45, 2.75) is 25.0 Å². The van der Waals surface area contributed by atoms with E-state index in [1.807, 2.05) is 24.5 Å². The molecule has 1 aliphatic rings. The Labute approximate surface area is 187 Å². The monoisotopic (exact) mass is 523 g/mol. The lowest BCUT2D eigenvalue weighted by Gasteiger charge is -2.38. The van der Waals surface area contributed by atoms with Gasteiger partial charge in [0, 0.05) is 34.2 Å². The first-order valence-electron chi connectivity index (χ1n) is 9.40. The van der Waals surface area contributed by atoms with Crippen LogP contribution in [-0.4, -0.2) is 45.2 Å². The van der Waals surface area contributed by atoms with Crippen LogP contribution in [0, 0.1) is 3.57 Å². The number of carboxylic acids is 2. The molecule has 4 rings (SSSR count). The van der Waals surface area contributed by atoms with Gasteiger partial charge in [0.25, 0.3) is 0 Å². The van der Waals surface area contributed by atoms with Gasteiger partial charge < -0.3 is 19.7 Å². The normalized spacial score (nSPS) is 15.9. The van der Waals surface area contributed by atoms with E-state index in [-0.39, 0.29) is 0 Å². The number of aliphatic carboxylic acids is 2. The van der Waals surface area contributed by atoms with Crippen molar-refractivity contribution in [1.82, 2.24) is 4.90 Å². The van der Waals surface area contributed by atoms with Crippen molar-refractivity contribution in [3.63, 3.8) is 0 Å². The van der Waals surface area contributed by atoms with Crippen LogP contribution >= 0.6 is 22.6 Å². The topological polar surface area (TPSA) is 111 Å². The van der Waals surface area contributed by atoms with Crippen LogP contribution in [0.1, 0.15) is 24.0 Å². The number of aliphatic hydroxyl groups is 1. The number of carbonyl (C=O) groups is 2. The molecule has 0 saturated carbocycles. The molecule has 0 bridgehead atoms. The molecular weight excluding hydrogens is 501 g/mol. The zero-order valence-electron chi connectivity index (χ0n) is 16.1. The van der Waals surface area contributed by atoms with Crippen LogP contribution < -0.4 is 0 Å². The summed E-state index contributed by atoms with van der Waals surface area (Å²) < 4.78 is 6.83. The predicted molar refractivity (Wildman–Crippen MR) is 119 cm³/mol. The Balaban J connectivity index is 0.000000377. The number of nitrogens with zero attached hydrogens (tertiary/aromatic N) is 1.